The van der Waals surface area contributed by atoms with Gasteiger partial charge in [-0.15, -0.1) is 0 Å². The SMILES string of the molecule is CCCNC(=O)C1CCCN(C(C)C(=O)NC2CCN(Cc3ccccc3)CC2)C1. The standard InChI is InChI=1S/C24H38N4O2/c1-3-13-25-24(30)21-10-7-14-28(18-21)19(2)23(29)26-22-11-15-27(16-12-22)17-20-8-5-4-6-9-20/h4-6,8-9,19,21-22H,3,7,10-18H2,1-2H3,(H,25,30)(H,26,29). The first-order valence-electron chi connectivity index (χ1n) is 11.6. The van der Waals surface area contributed by atoms with Crippen LogP contribution in [0.5, 0.6) is 0 Å². The molecule has 0 aromatic heterocycles. The van der Waals surface area contributed by atoms with Crippen LogP contribution in [0.1, 0.15) is 51.5 Å². The molecule has 2 saturated heterocycles. The average Bonchev–Trinajstić information content (AvgIpc) is 2.79. The molecule has 166 valence electrons. The van der Waals surface area contributed by atoms with Crippen LogP contribution in [-0.4, -0.2) is 66.4 Å². The van der Waals surface area contributed by atoms with E-state index in [0.29, 0.717) is 6.54 Å². The molecule has 6 heteroatoms. The summed E-state index contributed by atoms with van der Waals surface area (Å²) >= 11 is 0. The van der Waals surface area contributed by atoms with Crippen molar-refractivity contribution >= 4 is 11.8 Å². The van der Waals surface area contributed by atoms with Crippen molar-refractivity contribution in [1.82, 2.24) is 20.4 Å². The summed E-state index contributed by atoms with van der Waals surface area (Å²) in [7, 11) is 0. The normalized spacial score (nSPS) is 22.4. The maximum atomic E-state index is 12.9. The Morgan fingerprint density at radius 3 is 2.53 bits per heavy atom. The van der Waals surface area contributed by atoms with E-state index in [1.807, 2.05) is 6.92 Å². The van der Waals surface area contributed by atoms with Gasteiger partial charge in [0.15, 0.2) is 0 Å². The summed E-state index contributed by atoms with van der Waals surface area (Å²) in [5.41, 5.74) is 1.34. The number of piperidine rings is 2. The summed E-state index contributed by atoms with van der Waals surface area (Å²) in [6, 6.07) is 10.6. The average molecular weight is 415 g/mol. The molecule has 2 heterocycles. The lowest BCUT2D eigenvalue weighted by atomic mass is 9.95. The van der Waals surface area contributed by atoms with Crippen LogP contribution < -0.4 is 10.6 Å². The lowest BCUT2D eigenvalue weighted by Gasteiger charge is -2.37. The molecule has 1 aromatic rings. The molecule has 6 nitrogen and oxygen atoms in total. The lowest BCUT2D eigenvalue weighted by Crippen LogP contribution is -2.54. The zero-order valence-corrected chi connectivity index (χ0v) is 18.6. The molecule has 2 atom stereocenters. The summed E-state index contributed by atoms with van der Waals surface area (Å²) < 4.78 is 0. The highest BCUT2D eigenvalue weighted by Gasteiger charge is 2.31. The van der Waals surface area contributed by atoms with Crippen molar-refractivity contribution < 1.29 is 9.59 Å². The zero-order chi connectivity index (χ0) is 21.3. The van der Waals surface area contributed by atoms with Crippen LogP contribution in [0, 0.1) is 5.92 Å². The molecule has 30 heavy (non-hydrogen) atoms. The Kier molecular flexibility index (Phi) is 8.70. The number of benzene rings is 1. The minimum absolute atomic E-state index is 0.00164. The van der Waals surface area contributed by atoms with Crippen LogP contribution in [-0.2, 0) is 16.1 Å². The highest BCUT2D eigenvalue weighted by molar-refractivity contribution is 5.82. The maximum absolute atomic E-state index is 12.9. The molecule has 0 bridgehead atoms. The Hall–Kier alpha value is -1.92. The largest absolute Gasteiger partial charge is 0.356 e. The van der Waals surface area contributed by atoms with Gasteiger partial charge in [0.25, 0.3) is 0 Å². The molecule has 2 aliphatic heterocycles. The third-order valence-corrected chi connectivity index (χ3v) is 6.48. The van der Waals surface area contributed by atoms with Gasteiger partial charge in [0.05, 0.1) is 12.0 Å². The molecular formula is C24H38N4O2. The van der Waals surface area contributed by atoms with Crippen molar-refractivity contribution in [2.24, 2.45) is 5.92 Å². The molecule has 0 saturated carbocycles. The van der Waals surface area contributed by atoms with Gasteiger partial charge in [-0.3, -0.25) is 19.4 Å². The first-order chi connectivity index (χ1) is 14.6. The summed E-state index contributed by atoms with van der Waals surface area (Å²) in [4.78, 5) is 29.8. The topological polar surface area (TPSA) is 64.7 Å². The quantitative estimate of drug-likeness (QED) is 0.686. The molecule has 0 aliphatic carbocycles. The fourth-order valence-electron chi connectivity index (χ4n) is 4.53. The monoisotopic (exact) mass is 414 g/mol. The number of carbonyl (C=O) groups is 2. The van der Waals surface area contributed by atoms with Crippen molar-refractivity contribution in [3.63, 3.8) is 0 Å². The predicted molar refractivity (Wildman–Crippen MR) is 120 cm³/mol. The van der Waals surface area contributed by atoms with Gasteiger partial charge in [-0.25, -0.2) is 0 Å². The molecule has 2 fully saturated rings. The van der Waals surface area contributed by atoms with Crippen LogP contribution in [0.4, 0.5) is 0 Å². The minimum Gasteiger partial charge on any atom is -0.356 e. The summed E-state index contributed by atoms with van der Waals surface area (Å²) in [6.45, 7) is 9.34. The molecule has 2 N–H and O–H groups in total. The van der Waals surface area contributed by atoms with E-state index in [4.69, 9.17) is 0 Å². The lowest BCUT2D eigenvalue weighted by molar-refractivity contribution is -0.131. The number of rotatable bonds is 8. The molecular weight excluding hydrogens is 376 g/mol. The van der Waals surface area contributed by atoms with Crippen molar-refractivity contribution in [2.45, 2.75) is 64.6 Å². The number of likely N-dealkylation sites (tertiary alicyclic amines) is 2. The Morgan fingerprint density at radius 2 is 1.83 bits per heavy atom. The van der Waals surface area contributed by atoms with Gasteiger partial charge in [-0.05, 0) is 51.1 Å². The smallest absolute Gasteiger partial charge is 0.237 e. The van der Waals surface area contributed by atoms with Crippen LogP contribution in [0.3, 0.4) is 0 Å². The third-order valence-electron chi connectivity index (χ3n) is 6.48. The van der Waals surface area contributed by atoms with E-state index in [1.54, 1.807) is 0 Å². The van der Waals surface area contributed by atoms with Gasteiger partial charge in [-0.2, -0.15) is 0 Å². The summed E-state index contributed by atoms with van der Waals surface area (Å²) in [6.07, 6.45) is 4.83. The molecule has 3 rings (SSSR count). The zero-order valence-electron chi connectivity index (χ0n) is 18.6. The molecule has 2 aliphatic rings. The maximum Gasteiger partial charge on any atom is 0.237 e. The minimum atomic E-state index is -0.186. The highest BCUT2D eigenvalue weighted by atomic mass is 16.2. The fraction of sp³-hybridized carbons (Fsp3) is 0.667. The van der Waals surface area contributed by atoms with Crippen molar-refractivity contribution in [3.05, 3.63) is 35.9 Å². The second-order valence-electron chi connectivity index (χ2n) is 8.85. The van der Waals surface area contributed by atoms with Gasteiger partial charge >= 0.3 is 0 Å². The molecule has 1 aromatic carbocycles. The van der Waals surface area contributed by atoms with Gasteiger partial charge in [0.1, 0.15) is 0 Å². The number of amides is 2. The number of carbonyl (C=O) groups excluding carboxylic acids is 2. The van der Waals surface area contributed by atoms with Gasteiger partial charge in [0.2, 0.25) is 11.8 Å². The van der Waals surface area contributed by atoms with E-state index in [2.05, 4.69) is 57.7 Å². The Bertz CT molecular complexity index is 673. The molecule has 2 unspecified atom stereocenters. The second-order valence-corrected chi connectivity index (χ2v) is 8.85. The Morgan fingerprint density at radius 1 is 1.10 bits per heavy atom. The Labute approximate surface area is 181 Å². The van der Waals surface area contributed by atoms with Crippen LogP contribution in [0.25, 0.3) is 0 Å². The van der Waals surface area contributed by atoms with Crippen LogP contribution in [0.2, 0.25) is 0 Å². The highest BCUT2D eigenvalue weighted by Crippen LogP contribution is 2.20. The van der Waals surface area contributed by atoms with E-state index < -0.39 is 0 Å². The summed E-state index contributed by atoms with van der Waals surface area (Å²) in [5.74, 6) is 0.243. The second kappa shape index (κ2) is 11.5. The number of hydrogen-bond donors (Lipinski definition) is 2. The van der Waals surface area contributed by atoms with Gasteiger partial charge in [-0.1, -0.05) is 37.3 Å². The fourth-order valence-corrected chi connectivity index (χ4v) is 4.53. The molecule has 2 amide bonds. The first kappa shape index (κ1) is 22.8. The van der Waals surface area contributed by atoms with Crippen LogP contribution in [0.15, 0.2) is 30.3 Å². The Balaban J connectivity index is 1.41. The number of nitrogens with one attached hydrogen (secondary N) is 2. The summed E-state index contributed by atoms with van der Waals surface area (Å²) in [5, 5.41) is 6.28. The van der Waals surface area contributed by atoms with Crippen molar-refractivity contribution in [2.75, 3.05) is 32.7 Å². The van der Waals surface area contributed by atoms with Crippen molar-refractivity contribution in [3.8, 4) is 0 Å². The van der Waals surface area contributed by atoms with Crippen LogP contribution >= 0.6 is 0 Å². The van der Waals surface area contributed by atoms with Gasteiger partial charge < -0.3 is 10.6 Å². The third kappa shape index (κ3) is 6.54. The van der Waals surface area contributed by atoms with E-state index in [9.17, 15) is 9.59 Å². The number of nitrogens with zero attached hydrogens (tertiary/aromatic N) is 2. The van der Waals surface area contributed by atoms with E-state index in [-0.39, 0.29) is 29.8 Å². The van der Waals surface area contributed by atoms with E-state index >= 15 is 0 Å². The molecule has 0 spiro atoms. The van der Waals surface area contributed by atoms with E-state index in [0.717, 1.165) is 64.8 Å². The first-order valence-corrected chi connectivity index (χ1v) is 11.6. The van der Waals surface area contributed by atoms with Crippen molar-refractivity contribution in [1.29, 1.82) is 0 Å². The molecule has 0 radical (unpaired) electrons. The van der Waals surface area contributed by atoms with E-state index in [1.165, 1.54) is 5.56 Å². The number of hydrogen-bond acceptors (Lipinski definition) is 4. The predicted octanol–water partition coefficient (Wildman–Crippen LogP) is 2.39. The van der Waals surface area contributed by atoms with Gasteiger partial charge in [0, 0.05) is 38.8 Å².